The molecule has 2 aliphatic heterocycles. The zero-order valence-corrected chi connectivity index (χ0v) is 17.3. The normalized spacial score (nSPS) is 18.2. The first kappa shape index (κ1) is 19.9. The molecule has 0 aliphatic carbocycles. The van der Waals surface area contributed by atoms with Crippen molar-refractivity contribution in [2.75, 3.05) is 49.1 Å². The van der Waals surface area contributed by atoms with Crippen LogP contribution in [0.25, 0.3) is 0 Å². The predicted molar refractivity (Wildman–Crippen MR) is 112 cm³/mol. The van der Waals surface area contributed by atoms with Crippen molar-refractivity contribution in [3.05, 3.63) is 46.7 Å². The fourth-order valence-electron chi connectivity index (χ4n) is 3.87. The summed E-state index contributed by atoms with van der Waals surface area (Å²) < 4.78 is 13.2. The Morgan fingerprint density at radius 1 is 0.966 bits per heavy atom. The summed E-state index contributed by atoms with van der Waals surface area (Å²) in [5.41, 5.74) is 0.335. The highest BCUT2D eigenvalue weighted by Gasteiger charge is 2.25. The minimum Gasteiger partial charge on any atom is -0.355 e. The molecule has 1 amide bonds. The van der Waals surface area contributed by atoms with Crippen molar-refractivity contribution in [2.45, 2.75) is 19.8 Å². The van der Waals surface area contributed by atoms with Crippen LogP contribution >= 0.6 is 11.6 Å². The minimum atomic E-state index is -0.447. The SMILES string of the molecule is CC1CCN(c2ccc(N3CCN(C(=O)c4ccc(F)cc4Cl)CC3)nn2)CC1. The molecule has 6 nitrogen and oxygen atoms in total. The molecule has 29 heavy (non-hydrogen) atoms. The van der Waals surface area contributed by atoms with E-state index in [2.05, 4.69) is 26.9 Å². The molecule has 2 fully saturated rings. The number of halogens is 2. The molecule has 2 aromatic rings. The fourth-order valence-corrected chi connectivity index (χ4v) is 4.11. The van der Waals surface area contributed by atoms with Gasteiger partial charge in [0, 0.05) is 39.3 Å². The number of piperazine rings is 1. The number of amides is 1. The van der Waals surface area contributed by atoms with Crippen molar-refractivity contribution in [1.82, 2.24) is 15.1 Å². The average Bonchev–Trinajstić information content (AvgIpc) is 2.74. The van der Waals surface area contributed by atoms with Gasteiger partial charge in [0.15, 0.2) is 11.6 Å². The first-order valence-electron chi connectivity index (χ1n) is 10.1. The van der Waals surface area contributed by atoms with E-state index in [1.54, 1.807) is 4.90 Å². The zero-order chi connectivity index (χ0) is 20.4. The summed E-state index contributed by atoms with van der Waals surface area (Å²) in [5, 5.41) is 8.99. The summed E-state index contributed by atoms with van der Waals surface area (Å²) in [4.78, 5) is 18.8. The Hall–Kier alpha value is -2.41. The lowest BCUT2D eigenvalue weighted by Gasteiger charge is -2.35. The number of nitrogens with zero attached hydrogens (tertiary/aromatic N) is 5. The number of hydrogen-bond acceptors (Lipinski definition) is 5. The molecule has 2 aliphatic rings. The van der Waals surface area contributed by atoms with Crippen LogP contribution in [0.5, 0.6) is 0 Å². The lowest BCUT2D eigenvalue weighted by molar-refractivity contribution is 0.0746. The predicted octanol–water partition coefficient (Wildman–Crippen LogP) is 3.47. The van der Waals surface area contributed by atoms with Gasteiger partial charge in [0.2, 0.25) is 0 Å². The van der Waals surface area contributed by atoms with Crippen molar-refractivity contribution < 1.29 is 9.18 Å². The van der Waals surface area contributed by atoms with Gasteiger partial charge >= 0.3 is 0 Å². The molecule has 1 aromatic carbocycles. The van der Waals surface area contributed by atoms with Crippen molar-refractivity contribution in [3.8, 4) is 0 Å². The molecule has 0 saturated carbocycles. The molecule has 0 spiro atoms. The van der Waals surface area contributed by atoms with Crippen LogP contribution in [0, 0.1) is 11.7 Å². The van der Waals surface area contributed by atoms with Crippen molar-refractivity contribution in [3.63, 3.8) is 0 Å². The second kappa shape index (κ2) is 8.53. The molecule has 154 valence electrons. The van der Waals surface area contributed by atoms with Crippen molar-refractivity contribution in [1.29, 1.82) is 0 Å². The van der Waals surface area contributed by atoms with Crippen LogP contribution < -0.4 is 9.80 Å². The lowest BCUT2D eigenvalue weighted by Crippen LogP contribution is -2.49. The van der Waals surface area contributed by atoms with E-state index in [0.717, 1.165) is 30.6 Å². The molecule has 0 unspecified atom stereocenters. The Balaban J connectivity index is 1.35. The number of piperidine rings is 1. The van der Waals surface area contributed by atoms with Gasteiger partial charge in [-0.25, -0.2) is 4.39 Å². The highest BCUT2D eigenvalue weighted by molar-refractivity contribution is 6.33. The quantitative estimate of drug-likeness (QED) is 0.765. The summed E-state index contributed by atoms with van der Waals surface area (Å²) in [6, 6.07) is 7.92. The maximum atomic E-state index is 13.2. The third-order valence-corrected chi connectivity index (χ3v) is 6.11. The van der Waals surface area contributed by atoms with Gasteiger partial charge < -0.3 is 14.7 Å². The lowest BCUT2D eigenvalue weighted by atomic mass is 9.99. The van der Waals surface area contributed by atoms with E-state index >= 15 is 0 Å². The maximum Gasteiger partial charge on any atom is 0.255 e. The molecule has 2 saturated heterocycles. The van der Waals surface area contributed by atoms with Gasteiger partial charge in [0.05, 0.1) is 10.6 Å². The topological polar surface area (TPSA) is 52.6 Å². The maximum absolute atomic E-state index is 13.2. The van der Waals surface area contributed by atoms with E-state index in [-0.39, 0.29) is 10.9 Å². The van der Waals surface area contributed by atoms with Crippen LogP contribution in [0.15, 0.2) is 30.3 Å². The third-order valence-electron chi connectivity index (χ3n) is 5.80. The number of rotatable bonds is 3. The van der Waals surface area contributed by atoms with E-state index in [0.29, 0.717) is 31.7 Å². The molecule has 0 N–H and O–H groups in total. The summed E-state index contributed by atoms with van der Waals surface area (Å²) in [5.74, 6) is 1.92. The Morgan fingerprint density at radius 2 is 1.55 bits per heavy atom. The molecule has 1 aromatic heterocycles. The highest BCUT2D eigenvalue weighted by Crippen LogP contribution is 2.23. The Kier molecular flexibility index (Phi) is 5.85. The summed E-state index contributed by atoms with van der Waals surface area (Å²) in [6.07, 6.45) is 2.38. The van der Waals surface area contributed by atoms with Crippen LogP contribution in [0.1, 0.15) is 30.1 Å². The second-order valence-electron chi connectivity index (χ2n) is 7.82. The van der Waals surface area contributed by atoms with Crippen molar-refractivity contribution in [2.24, 2.45) is 5.92 Å². The van der Waals surface area contributed by atoms with Gasteiger partial charge in [-0.15, -0.1) is 10.2 Å². The molecule has 0 atom stereocenters. The smallest absolute Gasteiger partial charge is 0.255 e. The average molecular weight is 418 g/mol. The Bertz CT molecular complexity index is 862. The van der Waals surface area contributed by atoms with Gasteiger partial charge in [-0.05, 0) is 49.1 Å². The number of benzene rings is 1. The second-order valence-corrected chi connectivity index (χ2v) is 8.23. The van der Waals surface area contributed by atoms with E-state index in [1.165, 1.54) is 31.0 Å². The number of hydrogen-bond donors (Lipinski definition) is 0. The standard InChI is InChI=1S/C21H25ClFN5O/c1-15-6-8-26(9-7-15)19-4-5-20(25-24-19)27-10-12-28(13-11-27)21(29)17-3-2-16(23)14-18(17)22/h2-5,14-15H,6-13H2,1H3. The molecule has 0 radical (unpaired) electrons. The van der Waals surface area contributed by atoms with E-state index in [1.807, 2.05) is 12.1 Å². The van der Waals surface area contributed by atoms with Gasteiger partial charge in [0.1, 0.15) is 5.82 Å². The number of anilines is 2. The fraction of sp³-hybridized carbons (Fsp3) is 0.476. The molecular weight excluding hydrogens is 393 g/mol. The molecular formula is C21H25ClFN5O. The molecule has 8 heteroatoms. The molecule has 0 bridgehead atoms. The number of carbonyl (C=O) groups is 1. The first-order chi connectivity index (χ1) is 14.0. The van der Waals surface area contributed by atoms with E-state index < -0.39 is 5.82 Å². The summed E-state index contributed by atoms with van der Waals surface area (Å²) in [6.45, 7) is 6.80. The third kappa shape index (κ3) is 4.45. The number of aromatic nitrogens is 2. The first-order valence-corrected chi connectivity index (χ1v) is 10.5. The van der Waals surface area contributed by atoms with Crippen LogP contribution in [-0.4, -0.2) is 60.3 Å². The van der Waals surface area contributed by atoms with Gasteiger partial charge in [-0.1, -0.05) is 18.5 Å². The van der Waals surface area contributed by atoms with Crippen LogP contribution in [0.2, 0.25) is 5.02 Å². The monoisotopic (exact) mass is 417 g/mol. The van der Waals surface area contributed by atoms with Crippen LogP contribution in [0.4, 0.5) is 16.0 Å². The zero-order valence-electron chi connectivity index (χ0n) is 16.5. The van der Waals surface area contributed by atoms with E-state index in [4.69, 9.17) is 11.6 Å². The van der Waals surface area contributed by atoms with Gasteiger partial charge in [0.25, 0.3) is 5.91 Å². The highest BCUT2D eigenvalue weighted by atomic mass is 35.5. The minimum absolute atomic E-state index is 0.144. The largest absolute Gasteiger partial charge is 0.355 e. The van der Waals surface area contributed by atoms with Gasteiger partial charge in [-0.3, -0.25) is 4.79 Å². The van der Waals surface area contributed by atoms with Crippen LogP contribution in [-0.2, 0) is 0 Å². The van der Waals surface area contributed by atoms with E-state index in [9.17, 15) is 9.18 Å². The number of carbonyl (C=O) groups excluding carboxylic acids is 1. The van der Waals surface area contributed by atoms with Gasteiger partial charge in [-0.2, -0.15) is 0 Å². The summed E-state index contributed by atoms with van der Waals surface area (Å²) >= 11 is 6.03. The summed E-state index contributed by atoms with van der Waals surface area (Å²) in [7, 11) is 0. The Morgan fingerprint density at radius 3 is 2.10 bits per heavy atom. The van der Waals surface area contributed by atoms with Crippen LogP contribution in [0.3, 0.4) is 0 Å². The van der Waals surface area contributed by atoms with Crippen molar-refractivity contribution >= 4 is 29.1 Å². The molecule has 4 rings (SSSR count). The molecule has 3 heterocycles. The Labute approximate surface area is 175 Å².